The van der Waals surface area contributed by atoms with Gasteiger partial charge >= 0.3 is 0 Å². The number of rotatable bonds is 6. The molecule has 0 aliphatic rings. The van der Waals surface area contributed by atoms with Crippen molar-refractivity contribution >= 4 is 0 Å². The fourth-order valence-electron chi connectivity index (χ4n) is 1.73. The summed E-state index contributed by atoms with van der Waals surface area (Å²) < 4.78 is 3.78. The molecule has 0 aliphatic heterocycles. The average molecular weight is 248 g/mol. The molecule has 2 aromatic rings. The van der Waals surface area contributed by atoms with Crippen molar-refractivity contribution in [3.05, 3.63) is 30.1 Å². The maximum Gasteiger partial charge on any atom is 0.148 e. The summed E-state index contributed by atoms with van der Waals surface area (Å²) in [6.07, 6.45) is 5.52. The van der Waals surface area contributed by atoms with E-state index in [0.29, 0.717) is 12.6 Å². The Morgan fingerprint density at radius 3 is 2.89 bits per heavy atom. The van der Waals surface area contributed by atoms with Gasteiger partial charge in [-0.15, -0.1) is 0 Å². The summed E-state index contributed by atoms with van der Waals surface area (Å²) in [5.41, 5.74) is 1.19. The van der Waals surface area contributed by atoms with Crippen molar-refractivity contribution in [2.24, 2.45) is 0 Å². The molecule has 0 aliphatic carbocycles. The van der Waals surface area contributed by atoms with Gasteiger partial charge in [0.05, 0.1) is 6.20 Å². The molecule has 6 nitrogen and oxygen atoms in total. The topological polar surface area (TPSA) is 60.6 Å². The van der Waals surface area contributed by atoms with E-state index >= 15 is 0 Å². The molecule has 0 bridgehead atoms. The zero-order valence-electron chi connectivity index (χ0n) is 11.2. The molecule has 2 heterocycles. The molecule has 0 atom stereocenters. The van der Waals surface area contributed by atoms with Crippen LogP contribution in [0.15, 0.2) is 18.7 Å². The highest BCUT2D eigenvalue weighted by atomic mass is 15.4. The van der Waals surface area contributed by atoms with Crippen molar-refractivity contribution in [2.45, 2.75) is 46.4 Å². The molecule has 0 saturated heterocycles. The second kappa shape index (κ2) is 5.77. The van der Waals surface area contributed by atoms with Crippen LogP contribution < -0.4 is 5.32 Å². The monoisotopic (exact) mass is 248 g/mol. The van der Waals surface area contributed by atoms with Crippen LogP contribution in [0, 0.1) is 0 Å². The van der Waals surface area contributed by atoms with E-state index in [0.717, 1.165) is 18.9 Å². The predicted molar refractivity (Wildman–Crippen MR) is 69.0 cm³/mol. The Morgan fingerprint density at radius 1 is 1.33 bits per heavy atom. The Balaban J connectivity index is 1.98. The summed E-state index contributed by atoms with van der Waals surface area (Å²) in [5, 5.41) is 11.9. The van der Waals surface area contributed by atoms with Gasteiger partial charge in [-0.05, 0) is 6.92 Å². The molecule has 0 aromatic carbocycles. The van der Waals surface area contributed by atoms with Gasteiger partial charge in [0.2, 0.25) is 0 Å². The van der Waals surface area contributed by atoms with Gasteiger partial charge in [0.25, 0.3) is 0 Å². The van der Waals surface area contributed by atoms with E-state index < -0.39 is 0 Å². The summed E-state index contributed by atoms with van der Waals surface area (Å²) >= 11 is 0. The second-order valence-electron chi connectivity index (χ2n) is 4.57. The summed E-state index contributed by atoms with van der Waals surface area (Å²) in [7, 11) is 0. The maximum absolute atomic E-state index is 4.34. The summed E-state index contributed by atoms with van der Waals surface area (Å²) in [6.45, 7) is 8.66. The average Bonchev–Trinajstić information content (AvgIpc) is 2.96. The highest BCUT2D eigenvalue weighted by Crippen LogP contribution is 2.02. The zero-order chi connectivity index (χ0) is 13.0. The van der Waals surface area contributed by atoms with Crippen LogP contribution in [0.1, 0.15) is 32.2 Å². The highest BCUT2D eigenvalue weighted by Gasteiger charge is 2.05. The van der Waals surface area contributed by atoms with E-state index in [-0.39, 0.29) is 0 Å². The lowest BCUT2D eigenvalue weighted by Gasteiger charge is -2.05. The third kappa shape index (κ3) is 3.16. The predicted octanol–water partition coefficient (Wildman–Crippen LogP) is 1.04. The lowest BCUT2D eigenvalue weighted by Crippen LogP contribution is -2.21. The summed E-state index contributed by atoms with van der Waals surface area (Å²) in [6, 6.07) is 0.483. The highest BCUT2D eigenvalue weighted by molar-refractivity contribution is 5.04. The van der Waals surface area contributed by atoms with E-state index in [1.54, 1.807) is 6.33 Å². The van der Waals surface area contributed by atoms with Gasteiger partial charge in [0.15, 0.2) is 0 Å². The van der Waals surface area contributed by atoms with Crippen LogP contribution in [-0.4, -0.2) is 30.6 Å². The van der Waals surface area contributed by atoms with Crippen LogP contribution in [0.4, 0.5) is 0 Å². The number of nitrogens with one attached hydrogen (secondary N) is 1. The molecule has 18 heavy (non-hydrogen) atoms. The van der Waals surface area contributed by atoms with Crippen LogP contribution >= 0.6 is 0 Å². The van der Waals surface area contributed by atoms with Gasteiger partial charge in [-0.25, -0.2) is 9.67 Å². The Hall–Kier alpha value is -1.69. The minimum absolute atomic E-state index is 0.483. The third-order valence-corrected chi connectivity index (χ3v) is 2.70. The fourth-order valence-corrected chi connectivity index (χ4v) is 1.73. The first kappa shape index (κ1) is 12.8. The quantitative estimate of drug-likeness (QED) is 0.830. The van der Waals surface area contributed by atoms with Gasteiger partial charge in [0.1, 0.15) is 18.7 Å². The molecule has 1 N–H and O–H groups in total. The summed E-state index contributed by atoms with van der Waals surface area (Å²) in [5.74, 6) is 0.934. The lowest BCUT2D eigenvalue weighted by molar-refractivity contribution is 0.566. The minimum Gasteiger partial charge on any atom is -0.310 e. The molecule has 98 valence electrons. The number of hydrogen-bond acceptors (Lipinski definition) is 4. The first-order valence-electron chi connectivity index (χ1n) is 6.30. The van der Waals surface area contributed by atoms with Gasteiger partial charge in [-0.3, -0.25) is 4.68 Å². The van der Waals surface area contributed by atoms with Crippen molar-refractivity contribution < 1.29 is 0 Å². The smallest absolute Gasteiger partial charge is 0.148 e. The van der Waals surface area contributed by atoms with E-state index in [2.05, 4.69) is 41.3 Å². The number of aromatic nitrogens is 5. The van der Waals surface area contributed by atoms with Gasteiger partial charge < -0.3 is 5.32 Å². The second-order valence-corrected chi connectivity index (χ2v) is 4.57. The number of aryl methyl sites for hydroxylation is 1. The fraction of sp³-hybridized carbons (Fsp3) is 0.583. The number of hydrogen-bond donors (Lipinski definition) is 1. The molecule has 2 aromatic heterocycles. The van der Waals surface area contributed by atoms with Crippen molar-refractivity contribution in [1.29, 1.82) is 0 Å². The standard InChI is InChI=1S/C12H20N6/c1-4-18-12(14-9-16-18)8-17-7-11(6-15-17)5-13-10(2)3/h6-7,9-10,13H,4-5,8H2,1-3H3. The van der Waals surface area contributed by atoms with Crippen molar-refractivity contribution in [3.63, 3.8) is 0 Å². The van der Waals surface area contributed by atoms with Crippen LogP contribution in [0.5, 0.6) is 0 Å². The third-order valence-electron chi connectivity index (χ3n) is 2.70. The van der Waals surface area contributed by atoms with E-state index in [1.165, 1.54) is 5.56 Å². The van der Waals surface area contributed by atoms with E-state index in [4.69, 9.17) is 0 Å². The zero-order valence-corrected chi connectivity index (χ0v) is 11.2. The van der Waals surface area contributed by atoms with Gasteiger partial charge in [-0.2, -0.15) is 10.2 Å². The molecule has 0 spiro atoms. The molecular formula is C12H20N6. The molecule has 0 saturated carbocycles. The minimum atomic E-state index is 0.483. The van der Waals surface area contributed by atoms with Crippen molar-refractivity contribution in [2.75, 3.05) is 0 Å². The van der Waals surface area contributed by atoms with E-state index in [1.807, 2.05) is 21.8 Å². The van der Waals surface area contributed by atoms with Crippen LogP contribution in [-0.2, 0) is 19.6 Å². The molecule has 6 heteroatoms. The summed E-state index contributed by atoms with van der Waals surface area (Å²) in [4.78, 5) is 4.24. The largest absolute Gasteiger partial charge is 0.310 e. The van der Waals surface area contributed by atoms with Crippen LogP contribution in [0.2, 0.25) is 0 Å². The molecule has 0 amide bonds. The molecule has 0 unspecified atom stereocenters. The molecule has 2 rings (SSSR count). The molecular weight excluding hydrogens is 228 g/mol. The van der Waals surface area contributed by atoms with E-state index in [9.17, 15) is 0 Å². The first-order chi connectivity index (χ1) is 8.69. The molecule has 0 radical (unpaired) electrons. The van der Waals surface area contributed by atoms with Crippen molar-refractivity contribution in [1.82, 2.24) is 29.9 Å². The van der Waals surface area contributed by atoms with Crippen LogP contribution in [0.3, 0.4) is 0 Å². The lowest BCUT2D eigenvalue weighted by atomic mass is 10.3. The first-order valence-corrected chi connectivity index (χ1v) is 6.30. The number of nitrogens with zero attached hydrogens (tertiary/aromatic N) is 5. The van der Waals surface area contributed by atoms with Crippen molar-refractivity contribution in [3.8, 4) is 0 Å². The van der Waals surface area contributed by atoms with Gasteiger partial charge in [0, 0.05) is 30.9 Å². The van der Waals surface area contributed by atoms with Crippen LogP contribution in [0.25, 0.3) is 0 Å². The Kier molecular flexibility index (Phi) is 4.09. The molecule has 0 fully saturated rings. The Labute approximate surface area is 107 Å². The SMILES string of the molecule is CCn1ncnc1Cn1cc(CNC(C)C)cn1. The Bertz CT molecular complexity index is 484. The maximum atomic E-state index is 4.34. The normalized spacial score (nSPS) is 11.3. The Morgan fingerprint density at radius 2 is 2.17 bits per heavy atom. The van der Waals surface area contributed by atoms with Gasteiger partial charge in [-0.1, -0.05) is 13.8 Å².